The van der Waals surface area contributed by atoms with Crippen molar-refractivity contribution in [2.75, 3.05) is 13.1 Å². The van der Waals surface area contributed by atoms with Gasteiger partial charge in [0.1, 0.15) is 0 Å². The molecule has 0 aliphatic carbocycles. The molecule has 0 fully saturated rings. The lowest BCUT2D eigenvalue weighted by atomic mass is 10.1. The van der Waals surface area contributed by atoms with E-state index in [1.165, 1.54) is 5.56 Å². The highest BCUT2D eigenvalue weighted by molar-refractivity contribution is 5.80. The van der Waals surface area contributed by atoms with Gasteiger partial charge in [0.2, 0.25) is 0 Å². The van der Waals surface area contributed by atoms with Gasteiger partial charge < -0.3 is 10.6 Å². The Hall–Kier alpha value is -1.51. The van der Waals surface area contributed by atoms with Crippen molar-refractivity contribution in [2.24, 2.45) is 10.9 Å². The van der Waals surface area contributed by atoms with Crippen molar-refractivity contribution in [1.29, 1.82) is 0 Å². The summed E-state index contributed by atoms with van der Waals surface area (Å²) in [6, 6.07) is 11.0. The average molecular weight is 275 g/mol. The minimum Gasteiger partial charge on any atom is -0.357 e. The Morgan fingerprint density at radius 2 is 1.85 bits per heavy atom. The van der Waals surface area contributed by atoms with Crippen LogP contribution in [0.2, 0.25) is 0 Å². The number of guanidine groups is 1. The standard InChI is InChI=1S/C17H29N3/c1-5-18-17(20-15(4)14(2)3)19-13-9-12-16-10-7-6-8-11-16/h6-8,10-11,14-15H,5,9,12-13H2,1-4H3,(H2,18,19,20). The van der Waals surface area contributed by atoms with E-state index in [0.29, 0.717) is 12.0 Å². The van der Waals surface area contributed by atoms with E-state index in [1.807, 2.05) is 0 Å². The predicted molar refractivity (Wildman–Crippen MR) is 88.2 cm³/mol. The Morgan fingerprint density at radius 1 is 1.15 bits per heavy atom. The number of hydrogen-bond donors (Lipinski definition) is 2. The van der Waals surface area contributed by atoms with Crippen LogP contribution in [0, 0.1) is 5.92 Å². The van der Waals surface area contributed by atoms with Crippen molar-refractivity contribution in [1.82, 2.24) is 10.6 Å². The molecule has 0 saturated carbocycles. The van der Waals surface area contributed by atoms with Gasteiger partial charge in [-0.05, 0) is 38.2 Å². The van der Waals surface area contributed by atoms with Crippen molar-refractivity contribution in [3.8, 4) is 0 Å². The Labute approximate surface area is 123 Å². The van der Waals surface area contributed by atoms with E-state index in [0.717, 1.165) is 31.9 Å². The number of aliphatic imine (C=N–C) groups is 1. The molecule has 3 heteroatoms. The Balaban J connectivity index is 2.38. The zero-order chi connectivity index (χ0) is 14.8. The van der Waals surface area contributed by atoms with E-state index in [2.05, 4.69) is 73.7 Å². The molecule has 1 rings (SSSR count). The topological polar surface area (TPSA) is 36.4 Å². The zero-order valence-corrected chi connectivity index (χ0v) is 13.3. The summed E-state index contributed by atoms with van der Waals surface area (Å²) in [5, 5.41) is 6.76. The Morgan fingerprint density at radius 3 is 2.45 bits per heavy atom. The molecule has 0 aliphatic rings. The van der Waals surface area contributed by atoms with Crippen molar-refractivity contribution < 1.29 is 0 Å². The molecule has 0 spiro atoms. The van der Waals surface area contributed by atoms with Crippen LogP contribution in [0.1, 0.15) is 39.7 Å². The van der Waals surface area contributed by atoms with Crippen molar-refractivity contribution in [3.05, 3.63) is 35.9 Å². The molecule has 0 saturated heterocycles. The number of nitrogens with zero attached hydrogens (tertiary/aromatic N) is 1. The molecule has 0 heterocycles. The highest BCUT2D eigenvalue weighted by Crippen LogP contribution is 2.03. The van der Waals surface area contributed by atoms with Crippen LogP contribution in [-0.2, 0) is 6.42 Å². The second-order valence-electron chi connectivity index (χ2n) is 5.53. The molecule has 0 amide bonds. The zero-order valence-electron chi connectivity index (χ0n) is 13.3. The predicted octanol–water partition coefficient (Wildman–Crippen LogP) is 3.22. The van der Waals surface area contributed by atoms with Crippen LogP contribution < -0.4 is 10.6 Å². The largest absolute Gasteiger partial charge is 0.357 e. The maximum Gasteiger partial charge on any atom is 0.191 e. The lowest BCUT2D eigenvalue weighted by Gasteiger charge is -2.20. The lowest BCUT2D eigenvalue weighted by molar-refractivity contribution is 0.481. The minimum atomic E-state index is 0.432. The third kappa shape index (κ3) is 6.60. The second kappa shape index (κ2) is 9.40. The summed E-state index contributed by atoms with van der Waals surface area (Å²) in [6.07, 6.45) is 2.17. The molecule has 112 valence electrons. The van der Waals surface area contributed by atoms with Gasteiger partial charge in [0.05, 0.1) is 0 Å². The SMILES string of the molecule is CCNC(=NCCCc1ccccc1)NC(C)C(C)C. The van der Waals surface area contributed by atoms with Crippen LogP contribution in [0.5, 0.6) is 0 Å². The smallest absolute Gasteiger partial charge is 0.191 e. The molecule has 20 heavy (non-hydrogen) atoms. The molecule has 1 unspecified atom stereocenters. The third-order valence-electron chi connectivity index (χ3n) is 3.44. The van der Waals surface area contributed by atoms with Gasteiger partial charge in [-0.3, -0.25) is 4.99 Å². The summed E-state index contributed by atoms with van der Waals surface area (Å²) in [6.45, 7) is 10.5. The number of hydrogen-bond acceptors (Lipinski definition) is 1. The summed E-state index contributed by atoms with van der Waals surface area (Å²) in [7, 11) is 0. The first kappa shape index (κ1) is 16.5. The van der Waals surface area contributed by atoms with Crippen molar-refractivity contribution in [3.63, 3.8) is 0 Å². The molecule has 0 radical (unpaired) electrons. The van der Waals surface area contributed by atoms with E-state index >= 15 is 0 Å². The second-order valence-corrected chi connectivity index (χ2v) is 5.53. The summed E-state index contributed by atoms with van der Waals surface area (Å²) in [5.74, 6) is 1.53. The number of nitrogens with one attached hydrogen (secondary N) is 2. The summed E-state index contributed by atoms with van der Waals surface area (Å²) < 4.78 is 0. The van der Waals surface area contributed by atoms with Crippen LogP contribution in [0.15, 0.2) is 35.3 Å². The van der Waals surface area contributed by atoms with Gasteiger partial charge in [-0.25, -0.2) is 0 Å². The van der Waals surface area contributed by atoms with Gasteiger partial charge in [-0.15, -0.1) is 0 Å². The van der Waals surface area contributed by atoms with E-state index in [-0.39, 0.29) is 0 Å². The van der Waals surface area contributed by atoms with Crippen molar-refractivity contribution in [2.45, 2.75) is 46.6 Å². The maximum atomic E-state index is 4.65. The molecule has 0 aromatic heterocycles. The fourth-order valence-corrected chi connectivity index (χ4v) is 1.82. The quantitative estimate of drug-likeness (QED) is 0.455. The molecule has 0 bridgehead atoms. The molecule has 1 aromatic carbocycles. The summed E-state index contributed by atoms with van der Waals surface area (Å²) >= 11 is 0. The lowest BCUT2D eigenvalue weighted by Crippen LogP contribution is -2.44. The summed E-state index contributed by atoms with van der Waals surface area (Å²) in [5.41, 5.74) is 1.39. The Bertz CT molecular complexity index is 384. The van der Waals surface area contributed by atoms with E-state index in [9.17, 15) is 0 Å². The molecular formula is C17H29N3. The van der Waals surface area contributed by atoms with Gasteiger partial charge in [-0.1, -0.05) is 44.2 Å². The van der Waals surface area contributed by atoms with E-state index < -0.39 is 0 Å². The van der Waals surface area contributed by atoms with Gasteiger partial charge in [0.25, 0.3) is 0 Å². The normalized spacial score (nSPS) is 13.3. The molecule has 0 aliphatic heterocycles. The third-order valence-corrected chi connectivity index (χ3v) is 3.44. The monoisotopic (exact) mass is 275 g/mol. The molecule has 2 N–H and O–H groups in total. The fourth-order valence-electron chi connectivity index (χ4n) is 1.82. The number of rotatable bonds is 7. The highest BCUT2D eigenvalue weighted by Gasteiger charge is 2.08. The first-order chi connectivity index (χ1) is 9.63. The fraction of sp³-hybridized carbons (Fsp3) is 0.588. The Kier molecular flexibility index (Phi) is 7.78. The molecule has 3 nitrogen and oxygen atoms in total. The molecular weight excluding hydrogens is 246 g/mol. The molecule has 1 aromatic rings. The van der Waals surface area contributed by atoms with Crippen LogP contribution in [-0.4, -0.2) is 25.1 Å². The first-order valence-electron chi connectivity index (χ1n) is 7.72. The van der Waals surface area contributed by atoms with Crippen LogP contribution in [0.3, 0.4) is 0 Å². The van der Waals surface area contributed by atoms with Gasteiger partial charge >= 0.3 is 0 Å². The average Bonchev–Trinajstić information content (AvgIpc) is 2.44. The van der Waals surface area contributed by atoms with Crippen LogP contribution in [0.4, 0.5) is 0 Å². The number of benzene rings is 1. The van der Waals surface area contributed by atoms with Gasteiger partial charge in [0, 0.05) is 19.1 Å². The van der Waals surface area contributed by atoms with Crippen molar-refractivity contribution >= 4 is 5.96 Å². The van der Waals surface area contributed by atoms with Crippen LogP contribution >= 0.6 is 0 Å². The highest BCUT2D eigenvalue weighted by atomic mass is 15.2. The van der Waals surface area contributed by atoms with Gasteiger partial charge in [0.15, 0.2) is 5.96 Å². The van der Waals surface area contributed by atoms with E-state index in [4.69, 9.17) is 0 Å². The number of aryl methyl sites for hydroxylation is 1. The van der Waals surface area contributed by atoms with E-state index in [1.54, 1.807) is 0 Å². The van der Waals surface area contributed by atoms with Crippen LogP contribution in [0.25, 0.3) is 0 Å². The minimum absolute atomic E-state index is 0.432. The molecule has 1 atom stereocenters. The first-order valence-corrected chi connectivity index (χ1v) is 7.72. The summed E-state index contributed by atoms with van der Waals surface area (Å²) in [4.78, 5) is 4.65. The van der Waals surface area contributed by atoms with Gasteiger partial charge in [-0.2, -0.15) is 0 Å². The maximum absolute atomic E-state index is 4.65.